The van der Waals surface area contributed by atoms with E-state index < -0.39 is 0 Å². The molecule has 1 rings (SSSR count). The summed E-state index contributed by atoms with van der Waals surface area (Å²) in [5.41, 5.74) is 0.912. The Morgan fingerprint density at radius 2 is 1.68 bits per heavy atom. The van der Waals surface area contributed by atoms with E-state index in [2.05, 4.69) is 15.6 Å². The molecular formula is C19H34IN3O5. The van der Waals surface area contributed by atoms with Crippen LogP contribution >= 0.6 is 24.0 Å². The van der Waals surface area contributed by atoms with Crippen LogP contribution in [0.3, 0.4) is 0 Å². The van der Waals surface area contributed by atoms with E-state index in [0.717, 1.165) is 31.0 Å². The van der Waals surface area contributed by atoms with Gasteiger partial charge in [0.05, 0.1) is 41.1 Å². The van der Waals surface area contributed by atoms with Crippen LogP contribution in [0.5, 0.6) is 17.2 Å². The van der Waals surface area contributed by atoms with Crippen molar-refractivity contribution >= 4 is 29.9 Å². The Morgan fingerprint density at radius 3 is 2.29 bits per heavy atom. The Morgan fingerprint density at radius 1 is 0.929 bits per heavy atom. The molecule has 0 heterocycles. The van der Waals surface area contributed by atoms with E-state index in [-0.39, 0.29) is 24.0 Å². The van der Waals surface area contributed by atoms with Gasteiger partial charge in [-0.1, -0.05) is 0 Å². The zero-order valence-electron chi connectivity index (χ0n) is 17.5. The van der Waals surface area contributed by atoms with E-state index in [9.17, 15) is 0 Å². The molecule has 0 fully saturated rings. The van der Waals surface area contributed by atoms with Crippen molar-refractivity contribution in [3.63, 3.8) is 0 Å². The van der Waals surface area contributed by atoms with E-state index >= 15 is 0 Å². The quantitative estimate of drug-likeness (QED) is 0.182. The Balaban J connectivity index is 0.00000729. The van der Waals surface area contributed by atoms with Gasteiger partial charge < -0.3 is 34.3 Å². The molecule has 0 aliphatic heterocycles. The molecule has 0 radical (unpaired) electrons. The summed E-state index contributed by atoms with van der Waals surface area (Å²) in [5, 5.41) is 6.54. The summed E-state index contributed by atoms with van der Waals surface area (Å²) in [6, 6.07) is 3.78. The molecule has 0 unspecified atom stereocenters. The van der Waals surface area contributed by atoms with Crippen LogP contribution in [0.1, 0.15) is 18.9 Å². The van der Waals surface area contributed by atoms with Crippen LogP contribution in [0, 0.1) is 0 Å². The van der Waals surface area contributed by atoms with Gasteiger partial charge in [-0.25, -0.2) is 4.99 Å². The third kappa shape index (κ3) is 9.16. The molecule has 0 aliphatic carbocycles. The van der Waals surface area contributed by atoms with E-state index in [1.807, 2.05) is 19.1 Å². The second-order valence-corrected chi connectivity index (χ2v) is 5.57. The molecule has 0 amide bonds. The van der Waals surface area contributed by atoms with Crippen molar-refractivity contribution in [2.24, 2.45) is 4.99 Å². The van der Waals surface area contributed by atoms with Gasteiger partial charge in [0.15, 0.2) is 17.5 Å². The molecule has 0 spiro atoms. The summed E-state index contributed by atoms with van der Waals surface area (Å²) in [7, 11) is 6.46. The number of hydrogen-bond acceptors (Lipinski definition) is 6. The molecule has 162 valence electrons. The number of nitrogens with zero attached hydrogens (tertiary/aromatic N) is 1. The lowest BCUT2D eigenvalue weighted by Crippen LogP contribution is -2.38. The highest BCUT2D eigenvalue weighted by Gasteiger charge is 2.15. The largest absolute Gasteiger partial charge is 0.493 e. The lowest BCUT2D eigenvalue weighted by molar-refractivity contribution is 0.0698. The molecule has 0 bridgehead atoms. The van der Waals surface area contributed by atoms with Crippen molar-refractivity contribution in [1.82, 2.24) is 10.6 Å². The maximum atomic E-state index is 5.51. The summed E-state index contributed by atoms with van der Waals surface area (Å²) >= 11 is 0. The maximum absolute atomic E-state index is 5.51. The molecule has 0 aromatic heterocycles. The van der Waals surface area contributed by atoms with Crippen molar-refractivity contribution in [2.45, 2.75) is 19.9 Å². The van der Waals surface area contributed by atoms with Crippen LogP contribution in [-0.2, 0) is 16.0 Å². The fourth-order valence-corrected chi connectivity index (χ4v) is 2.42. The van der Waals surface area contributed by atoms with Crippen LogP contribution in [0.25, 0.3) is 0 Å². The summed E-state index contributed by atoms with van der Waals surface area (Å²) in [5.74, 6) is 2.56. The van der Waals surface area contributed by atoms with Crippen LogP contribution in [0.15, 0.2) is 17.1 Å². The Kier molecular flexibility index (Phi) is 15.6. The van der Waals surface area contributed by atoms with Crippen LogP contribution in [0.2, 0.25) is 0 Å². The average molecular weight is 511 g/mol. The number of nitrogens with one attached hydrogen (secondary N) is 2. The second-order valence-electron chi connectivity index (χ2n) is 5.57. The van der Waals surface area contributed by atoms with Gasteiger partial charge in [-0.3, -0.25) is 0 Å². The van der Waals surface area contributed by atoms with Crippen molar-refractivity contribution in [3.8, 4) is 17.2 Å². The standard InChI is InChI=1S/C19H33N3O5.HI/c1-6-20-19(21-10-7-11-27-13-12-23-2)22-14-15-8-9-16(24-3)18(26-5)17(15)25-4;/h8-9H,6-7,10-14H2,1-5H3,(H2,20,21,22);1H. The molecule has 28 heavy (non-hydrogen) atoms. The minimum Gasteiger partial charge on any atom is -0.493 e. The lowest BCUT2D eigenvalue weighted by atomic mass is 10.1. The number of halogens is 1. The van der Waals surface area contributed by atoms with Crippen molar-refractivity contribution in [2.75, 3.05) is 61.3 Å². The van der Waals surface area contributed by atoms with Gasteiger partial charge in [-0.2, -0.15) is 0 Å². The van der Waals surface area contributed by atoms with Gasteiger partial charge in [-0.05, 0) is 25.5 Å². The SMILES string of the molecule is CCNC(=NCc1ccc(OC)c(OC)c1OC)NCCCOCCOC.I. The minimum absolute atomic E-state index is 0. The van der Waals surface area contributed by atoms with Gasteiger partial charge >= 0.3 is 0 Å². The van der Waals surface area contributed by atoms with Crippen molar-refractivity contribution in [3.05, 3.63) is 17.7 Å². The number of rotatable bonds is 13. The Bertz CT molecular complexity index is 573. The first-order valence-corrected chi connectivity index (χ1v) is 9.08. The molecule has 8 nitrogen and oxygen atoms in total. The highest BCUT2D eigenvalue weighted by atomic mass is 127. The van der Waals surface area contributed by atoms with Gasteiger partial charge in [0.25, 0.3) is 0 Å². The third-order valence-electron chi connectivity index (χ3n) is 3.73. The fourth-order valence-electron chi connectivity index (χ4n) is 2.42. The van der Waals surface area contributed by atoms with Crippen LogP contribution < -0.4 is 24.8 Å². The van der Waals surface area contributed by atoms with Gasteiger partial charge in [0.2, 0.25) is 5.75 Å². The first-order valence-electron chi connectivity index (χ1n) is 9.08. The van der Waals surface area contributed by atoms with Crippen LogP contribution in [0.4, 0.5) is 0 Å². The summed E-state index contributed by atoms with van der Waals surface area (Å²) in [4.78, 5) is 4.63. The van der Waals surface area contributed by atoms with Gasteiger partial charge in [0, 0.05) is 32.4 Å². The highest BCUT2D eigenvalue weighted by Crippen LogP contribution is 2.39. The number of ether oxygens (including phenoxy) is 5. The smallest absolute Gasteiger partial charge is 0.203 e. The predicted molar refractivity (Wildman–Crippen MR) is 122 cm³/mol. The molecule has 1 aromatic carbocycles. The monoisotopic (exact) mass is 511 g/mol. The van der Waals surface area contributed by atoms with Gasteiger partial charge in [0.1, 0.15) is 0 Å². The average Bonchev–Trinajstić information content (AvgIpc) is 2.70. The number of methoxy groups -OCH3 is 4. The molecule has 0 saturated heterocycles. The third-order valence-corrected chi connectivity index (χ3v) is 3.73. The molecule has 1 aromatic rings. The maximum Gasteiger partial charge on any atom is 0.203 e. The molecule has 0 aliphatic rings. The zero-order valence-corrected chi connectivity index (χ0v) is 19.8. The molecular weight excluding hydrogens is 477 g/mol. The molecule has 0 atom stereocenters. The van der Waals surface area contributed by atoms with E-state index in [0.29, 0.717) is 43.6 Å². The topological polar surface area (TPSA) is 82.6 Å². The minimum atomic E-state index is 0. The highest BCUT2D eigenvalue weighted by molar-refractivity contribution is 14.0. The van der Waals surface area contributed by atoms with E-state index in [4.69, 9.17) is 23.7 Å². The van der Waals surface area contributed by atoms with Gasteiger partial charge in [-0.15, -0.1) is 24.0 Å². The molecule has 0 saturated carbocycles. The van der Waals surface area contributed by atoms with Crippen molar-refractivity contribution in [1.29, 1.82) is 0 Å². The first-order chi connectivity index (χ1) is 13.2. The van der Waals surface area contributed by atoms with E-state index in [1.165, 1.54) is 0 Å². The summed E-state index contributed by atoms with van der Waals surface area (Å²) in [6.07, 6.45) is 0.883. The first kappa shape index (κ1) is 26.5. The van der Waals surface area contributed by atoms with Crippen LogP contribution in [-0.4, -0.2) is 67.3 Å². The van der Waals surface area contributed by atoms with Crippen molar-refractivity contribution < 1.29 is 23.7 Å². The number of benzene rings is 1. The zero-order chi connectivity index (χ0) is 19.9. The number of aliphatic imine (C=N–C) groups is 1. The summed E-state index contributed by atoms with van der Waals surface area (Å²) < 4.78 is 26.6. The lowest BCUT2D eigenvalue weighted by Gasteiger charge is -2.15. The second kappa shape index (κ2) is 16.5. The number of guanidine groups is 1. The molecule has 2 N–H and O–H groups in total. The molecule has 9 heteroatoms. The normalized spacial score (nSPS) is 10.8. The summed E-state index contributed by atoms with van der Waals surface area (Å²) in [6.45, 7) is 5.93. The fraction of sp³-hybridized carbons (Fsp3) is 0.632. The number of hydrogen-bond donors (Lipinski definition) is 2. The Hall–Kier alpha value is -1.46. The predicted octanol–water partition coefficient (Wildman–Crippen LogP) is 2.44. The van der Waals surface area contributed by atoms with E-state index in [1.54, 1.807) is 28.4 Å². The Labute approximate surface area is 185 Å².